The summed E-state index contributed by atoms with van der Waals surface area (Å²) < 4.78 is 7.06. The topological polar surface area (TPSA) is 21.3 Å². The lowest BCUT2D eigenvalue weighted by Crippen LogP contribution is -2.15. The zero-order valence-electron chi connectivity index (χ0n) is 15.2. The van der Waals surface area contributed by atoms with E-state index in [1.165, 1.54) is 32.1 Å². The average molecular weight is 459 g/mol. The highest BCUT2D eigenvalue weighted by atomic mass is 79.9. The van der Waals surface area contributed by atoms with Crippen molar-refractivity contribution >= 4 is 39.1 Å². The molecule has 0 aliphatic rings. The van der Waals surface area contributed by atoms with Gasteiger partial charge in [0.2, 0.25) is 0 Å². The van der Waals surface area contributed by atoms with Gasteiger partial charge in [-0.15, -0.1) is 0 Å². The van der Waals surface area contributed by atoms with Gasteiger partial charge >= 0.3 is 0 Å². The molecule has 0 fully saturated rings. The summed E-state index contributed by atoms with van der Waals surface area (Å²) in [5.74, 6) is 0.850. The molecule has 0 saturated carbocycles. The maximum atomic E-state index is 6.23. The summed E-state index contributed by atoms with van der Waals surface area (Å²) in [5.41, 5.74) is 1.93. The van der Waals surface area contributed by atoms with Gasteiger partial charge < -0.3 is 10.1 Å². The van der Waals surface area contributed by atoms with E-state index in [0.29, 0.717) is 16.7 Å². The van der Waals surface area contributed by atoms with Crippen LogP contribution in [0.2, 0.25) is 10.0 Å². The predicted octanol–water partition coefficient (Wildman–Crippen LogP) is 7.39. The Morgan fingerprint density at radius 3 is 2.46 bits per heavy atom. The molecule has 2 aromatic rings. The summed E-state index contributed by atoms with van der Waals surface area (Å²) >= 11 is 16.0. The van der Waals surface area contributed by atoms with Crippen molar-refractivity contribution in [2.24, 2.45) is 0 Å². The maximum Gasteiger partial charge on any atom is 0.124 e. The van der Waals surface area contributed by atoms with Crippen LogP contribution in [-0.4, -0.2) is 6.54 Å². The highest BCUT2D eigenvalue weighted by molar-refractivity contribution is 9.10. The van der Waals surface area contributed by atoms with Crippen LogP contribution in [0.25, 0.3) is 0 Å². The van der Waals surface area contributed by atoms with Gasteiger partial charge in [-0.3, -0.25) is 0 Å². The lowest BCUT2D eigenvalue weighted by molar-refractivity contribution is 0.302. The van der Waals surface area contributed by atoms with E-state index in [0.717, 1.165) is 34.4 Å². The number of halogens is 3. The molecule has 2 aromatic carbocycles. The second-order valence-corrected chi connectivity index (χ2v) is 8.06. The molecular weight excluding hydrogens is 433 g/mol. The van der Waals surface area contributed by atoms with Crippen molar-refractivity contribution in [3.8, 4) is 5.75 Å². The van der Waals surface area contributed by atoms with Crippen LogP contribution in [0.1, 0.15) is 50.2 Å². The highest BCUT2D eigenvalue weighted by Gasteiger charge is 2.09. The Morgan fingerprint density at radius 2 is 1.73 bits per heavy atom. The second kappa shape index (κ2) is 11.9. The van der Waals surface area contributed by atoms with Gasteiger partial charge in [0.25, 0.3) is 0 Å². The van der Waals surface area contributed by atoms with Crippen LogP contribution in [0.3, 0.4) is 0 Å². The molecule has 5 heteroatoms. The van der Waals surface area contributed by atoms with Gasteiger partial charge in [-0.05, 0) is 43.3 Å². The molecule has 0 amide bonds. The normalized spacial score (nSPS) is 10.9. The number of unbranched alkanes of at least 4 members (excludes halogenated alkanes) is 4. The summed E-state index contributed by atoms with van der Waals surface area (Å²) in [5, 5.41) is 4.77. The summed E-state index contributed by atoms with van der Waals surface area (Å²) in [6.07, 6.45) is 6.42. The molecule has 0 unspecified atom stereocenters. The van der Waals surface area contributed by atoms with Crippen LogP contribution < -0.4 is 10.1 Å². The molecule has 2 nitrogen and oxygen atoms in total. The first kappa shape index (κ1) is 21.6. The molecule has 0 radical (unpaired) electrons. The van der Waals surface area contributed by atoms with Gasteiger partial charge in [0.1, 0.15) is 12.4 Å². The molecule has 0 aliphatic carbocycles. The standard InChI is InChI=1S/C21H26BrCl2NO/c1-2-3-4-5-6-12-25-14-16-13-17(22)10-11-21(16)26-15-18-19(23)8-7-9-20(18)24/h7-11,13,25H,2-6,12,14-15H2,1H3. The lowest BCUT2D eigenvalue weighted by atomic mass is 10.1. The van der Waals surface area contributed by atoms with Crippen molar-refractivity contribution in [3.05, 3.63) is 62.0 Å². The SMILES string of the molecule is CCCCCCCNCc1cc(Br)ccc1OCc1c(Cl)cccc1Cl. The van der Waals surface area contributed by atoms with E-state index >= 15 is 0 Å². The Bertz CT molecular complexity index is 673. The van der Waals surface area contributed by atoms with E-state index < -0.39 is 0 Å². The van der Waals surface area contributed by atoms with E-state index in [9.17, 15) is 0 Å². The molecule has 0 bridgehead atoms. The number of hydrogen-bond acceptors (Lipinski definition) is 2. The summed E-state index contributed by atoms with van der Waals surface area (Å²) in [6.45, 7) is 4.39. The Hall–Kier alpha value is -0.740. The van der Waals surface area contributed by atoms with Gasteiger partial charge in [0.15, 0.2) is 0 Å². The molecule has 1 N–H and O–H groups in total. The number of benzene rings is 2. The number of rotatable bonds is 11. The molecule has 26 heavy (non-hydrogen) atoms. The number of hydrogen-bond donors (Lipinski definition) is 1. The van der Waals surface area contributed by atoms with Crippen molar-refractivity contribution in [2.45, 2.75) is 52.2 Å². The molecular formula is C21H26BrCl2NO. The van der Waals surface area contributed by atoms with Crippen molar-refractivity contribution in [1.29, 1.82) is 0 Å². The van der Waals surface area contributed by atoms with Crippen molar-refractivity contribution in [1.82, 2.24) is 5.32 Å². The fourth-order valence-electron chi connectivity index (χ4n) is 2.72. The third-order valence-electron chi connectivity index (χ3n) is 4.23. The van der Waals surface area contributed by atoms with Crippen LogP contribution in [0.4, 0.5) is 0 Å². The zero-order chi connectivity index (χ0) is 18.8. The monoisotopic (exact) mass is 457 g/mol. The number of nitrogens with one attached hydrogen (secondary N) is 1. The van der Waals surface area contributed by atoms with E-state index in [2.05, 4.69) is 34.2 Å². The average Bonchev–Trinajstić information content (AvgIpc) is 2.62. The van der Waals surface area contributed by atoms with E-state index in [1.807, 2.05) is 30.3 Å². The molecule has 142 valence electrons. The summed E-state index contributed by atoms with van der Waals surface area (Å²) in [4.78, 5) is 0. The first-order valence-corrected chi connectivity index (χ1v) is 10.7. The predicted molar refractivity (Wildman–Crippen MR) is 115 cm³/mol. The maximum absolute atomic E-state index is 6.23. The number of ether oxygens (including phenoxy) is 1. The molecule has 0 heterocycles. The van der Waals surface area contributed by atoms with E-state index in [1.54, 1.807) is 0 Å². The van der Waals surface area contributed by atoms with Gasteiger partial charge in [0, 0.05) is 32.2 Å². The van der Waals surface area contributed by atoms with Crippen molar-refractivity contribution in [2.75, 3.05) is 6.54 Å². The third-order valence-corrected chi connectivity index (χ3v) is 5.43. The molecule has 0 saturated heterocycles. The van der Waals surface area contributed by atoms with Gasteiger partial charge in [-0.2, -0.15) is 0 Å². The van der Waals surface area contributed by atoms with Crippen molar-refractivity contribution < 1.29 is 4.74 Å². The fraction of sp³-hybridized carbons (Fsp3) is 0.429. The smallest absolute Gasteiger partial charge is 0.124 e. The Kier molecular flexibility index (Phi) is 9.84. The largest absolute Gasteiger partial charge is 0.488 e. The molecule has 2 rings (SSSR count). The Morgan fingerprint density at radius 1 is 1.00 bits per heavy atom. The summed E-state index contributed by atoms with van der Waals surface area (Å²) in [6, 6.07) is 11.5. The molecule has 0 spiro atoms. The Balaban J connectivity index is 1.90. The molecule has 0 aliphatic heterocycles. The Labute approximate surface area is 175 Å². The van der Waals surface area contributed by atoms with Gasteiger partial charge in [-0.25, -0.2) is 0 Å². The quantitative estimate of drug-likeness (QED) is 0.354. The van der Waals surface area contributed by atoms with Crippen LogP contribution in [0, 0.1) is 0 Å². The van der Waals surface area contributed by atoms with Crippen molar-refractivity contribution in [3.63, 3.8) is 0 Å². The van der Waals surface area contributed by atoms with Crippen LogP contribution in [-0.2, 0) is 13.2 Å². The first-order chi connectivity index (χ1) is 12.6. The molecule has 0 atom stereocenters. The fourth-order valence-corrected chi connectivity index (χ4v) is 3.64. The van der Waals surface area contributed by atoms with Gasteiger partial charge in [-0.1, -0.05) is 77.8 Å². The molecule has 0 aromatic heterocycles. The minimum absolute atomic E-state index is 0.351. The van der Waals surface area contributed by atoms with E-state index in [4.69, 9.17) is 27.9 Å². The van der Waals surface area contributed by atoms with E-state index in [-0.39, 0.29) is 0 Å². The minimum atomic E-state index is 0.351. The third kappa shape index (κ3) is 7.11. The van der Waals surface area contributed by atoms with Gasteiger partial charge in [0.05, 0.1) is 0 Å². The highest BCUT2D eigenvalue weighted by Crippen LogP contribution is 2.28. The van der Waals surface area contributed by atoms with Crippen LogP contribution >= 0.6 is 39.1 Å². The summed E-state index contributed by atoms with van der Waals surface area (Å²) in [7, 11) is 0. The van der Waals surface area contributed by atoms with Crippen LogP contribution in [0.15, 0.2) is 40.9 Å². The lowest BCUT2D eigenvalue weighted by Gasteiger charge is -2.14. The van der Waals surface area contributed by atoms with Crippen LogP contribution in [0.5, 0.6) is 5.75 Å². The first-order valence-electron chi connectivity index (χ1n) is 9.16. The zero-order valence-corrected chi connectivity index (χ0v) is 18.3. The second-order valence-electron chi connectivity index (χ2n) is 6.33. The minimum Gasteiger partial charge on any atom is -0.488 e.